The van der Waals surface area contributed by atoms with Gasteiger partial charge in [-0.15, -0.1) is 0 Å². The van der Waals surface area contributed by atoms with Crippen LogP contribution in [0.5, 0.6) is 0 Å². The smallest absolute Gasteiger partial charge is 0.371 e. The molecule has 0 aromatic rings. The van der Waals surface area contributed by atoms with Crippen LogP contribution in [0.15, 0.2) is 24.5 Å². The first-order valence-electron chi connectivity index (χ1n) is 3.41. The summed E-state index contributed by atoms with van der Waals surface area (Å²) in [6, 6.07) is 0. The fourth-order valence-electron chi connectivity index (χ4n) is 0.500. The summed E-state index contributed by atoms with van der Waals surface area (Å²) < 4.78 is 4.88. The highest BCUT2D eigenvalue weighted by molar-refractivity contribution is 5.84. The Kier molecular flexibility index (Phi) is 4.90. The lowest BCUT2D eigenvalue weighted by Crippen LogP contribution is -2.05. The number of carboxylic acids is 1. The molecule has 0 radical (unpaired) electrons. The maximum Gasteiger partial charge on any atom is 0.371 e. The van der Waals surface area contributed by atoms with Gasteiger partial charge >= 0.3 is 5.97 Å². The molecule has 0 saturated carbocycles. The van der Waals surface area contributed by atoms with Crippen molar-refractivity contribution in [2.24, 2.45) is 0 Å². The quantitative estimate of drug-likeness (QED) is 0.373. The zero-order valence-corrected chi connectivity index (χ0v) is 6.54. The van der Waals surface area contributed by atoms with E-state index in [2.05, 4.69) is 6.58 Å². The summed E-state index contributed by atoms with van der Waals surface area (Å²) in [4.78, 5) is 10.4. The maximum absolute atomic E-state index is 10.4. The molecule has 0 aliphatic heterocycles. The average molecular weight is 156 g/mol. The Morgan fingerprint density at radius 2 is 2.36 bits per heavy atom. The van der Waals surface area contributed by atoms with Crippen molar-refractivity contribution >= 4 is 5.97 Å². The van der Waals surface area contributed by atoms with E-state index in [0.29, 0.717) is 6.61 Å². The lowest BCUT2D eigenvalue weighted by Gasteiger charge is -2.02. The van der Waals surface area contributed by atoms with Crippen molar-refractivity contribution in [3.05, 3.63) is 24.5 Å². The minimum Gasteiger partial charge on any atom is -0.487 e. The van der Waals surface area contributed by atoms with E-state index in [1.165, 1.54) is 12.2 Å². The summed E-state index contributed by atoms with van der Waals surface area (Å²) >= 11 is 0. The third kappa shape index (κ3) is 4.19. The van der Waals surface area contributed by atoms with Crippen LogP contribution in [-0.4, -0.2) is 17.7 Å². The molecule has 1 N–H and O–H groups in total. The van der Waals surface area contributed by atoms with E-state index >= 15 is 0 Å². The molecule has 0 rings (SSSR count). The summed E-state index contributed by atoms with van der Waals surface area (Å²) in [6.07, 6.45) is 3.51. The summed E-state index contributed by atoms with van der Waals surface area (Å²) in [6.45, 7) is 5.70. The molecule has 0 unspecified atom stereocenters. The third-order valence-electron chi connectivity index (χ3n) is 0.942. The largest absolute Gasteiger partial charge is 0.487 e. The van der Waals surface area contributed by atoms with Crippen LogP contribution >= 0.6 is 0 Å². The van der Waals surface area contributed by atoms with Crippen molar-refractivity contribution in [1.82, 2.24) is 0 Å². The Morgan fingerprint density at radius 3 is 2.73 bits per heavy atom. The third-order valence-corrected chi connectivity index (χ3v) is 0.942. The molecule has 0 aromatic heterocycles. The monoisotopic (exact) mass is 156 g/mol. The fraction of sp³-hybridized carbons (Fsp3) is 0.375. The van der Waals surface area contributed by atoms with Crippen LogP contribution in [0.4, 0.5) is 0 Å². The fourth-order valence-corrected chi connectivity index (χ4v) is 0.500. The molecule has 0 aliphatic carbocycles. The zero-order chi connectivity index (χ0) is 8.69. The molecule has 0 aliphatic rings. The highest BCUT2D eigenvalue weighted by Gasteiger charge is 2.05. The van der Waals surface area contributed by atoms with E-state index in [0.717, 1.165) is 6.42 Å². The molecule has 11 heavy (non-hydrogen) atoms. The lowest BCUT2D eigenvalue weighted by molar-refractivity contribution is -0.136. The predicted octanol–water partition coefficient (Wildman–Crippen LogP) is 1.57. The van der Waals surface area contributed by atoms with Gasteiger partial charge in [0.2, 0.25) is 5.76 Å². The first-order chi connectivity index (χ1) is 5.22. The molecule has 0 aromatic carbocycles. The molecule has 62 valence electrons. The molecule has 0 atom stereocenters. The van der Waals surface area contributed by atoms with Crippen LogP contribution in [0.3, 0.4) is 0 Å². The Morgan fingerprint density at radius 1 is 1.73 bits per heavy atom. The van der Waals surface area contributed by atoms with E-state index in [1.807, 2.05) is 6.92 Å². The van der Waals surface area contributed by atoms with Crippen molar-refractivity contribution in [1.29, 1.82) is 0 Å². The molecule has 0 heterocycles. The molecule has 0 amide bonds. The summed E-state index contributed by atoms with van der Waals surface area (Å²) in [5.41, 5.74) is 0. The second-order valence-corrected chi connectivity index (χ2v) is 1.92. The van der Waals surface area contributed by atoms with Crippen LogP contribution in [-0.2, 0) is 9.53 Å². The Labute approximate surface area is 66.0 Å². The van der Waals surface area contributed by atoms with Crippen molar-refractivity contribution in [3.63, 3.8) is 0 Å². The molecule has 0 fully saturated rings. The van der Waals surface area contributed by atoms with Gasteiger partial charge in [-0.1, -0.05) is 19.6 Å². The lowest BCUT2D eigenvalue weighted by atomic mass is 10.4. The van der Waals surface area contributed by atoms with Gasteiger partial charge in [0.25, 0.3) is 0 Å². The van der Waals surface area contributed by atoms with Gasteiger partial charge in [0.05, 0.1) is 6.61 Å². The van der Waals surface area contributed by atoms with Crippen LogP contribution in [0, 0.1) is 0 Å². The topological polar surface area (TPSA) is 46.5 Å². The van der Waals surface area contributed by atoms with Gasteiger partial charge in [0.15, 0.2) is 0 Å². The van der Waals surface area contributed by atoms with Crippen molar-refractivity contribution in [3.8, 4) is 0 Å². The highest BCUT2D eigenvalue weighted by Crippen LogP contribution is 1.98. The van der Waals surface area contributed by atoms with E-state index in [4.69, 9.17) is 9.84 Å². The van der Waals surface area contributed by atoms with Gasteiger partial charge < -0.3 is 9.84 Å². The normalized spacial score (nSPS) is 10.8. The van der Waals surface area contributed by atoms with Crippen LogP contribution < -0.4 is 0 Å². The minimum absolute atomic E-state index is 0.0538. The summed E-state index contributed by atoms with van der Waals surface area (Å²) in [5, 5.41) is 8.49. The number of hydrogen-bond donors (Lipinski definition) is 1. The predicted molar refractivity (Wildman–Crippen MR) is 42.2 cm³/mol. The van der Waals surface area contributed by atoms with Crippen molar-refractivity contribution < 1.29 is 14.6 Å². The second-order valence-electron chi connectivity index (χ2n) is 1.92. The van der Waals surface area contributed by atoms with Crippen molar-refractivity contribution in [2.45, 2.75) is 13.3 Å². The number of carboxylic acid groups (broad SMARTS) is 1. The number of hydrogen-bond acceptors (Lipinski definition) is 2. The number of ether oxygens (including phenoxy) is 1. The van der Waals surface area contributed by atoms with E-state index in [-0.39, 0.29) is 5.76 Å². The maximum atomic E-state index is 10.4. The SMILES string of the molecule is C=CC=C(OCCC)C(=O)O. The molecule has 3 heteroatoms. The number of carbonyl (C=O) groups is 1. The van der Waals surface area contributed by atoms with Gasteiger partial charge in [-0.2, -0.15) is 0 Å². The molecular weight excluding hydrogens is 144 g/mol. The first kappa shape index (κ1) is 9.75. The van der Waals surface area contributed by atoms with Crippen LogP contribution in [0.25, 0.3) is 0 Å². The number of rotatable bonds is 5. The van der Waals surface area contributed by atoms with Crippen LogP contribution in [0.2, 0.25) is 0 Å². The molecular formula is C8H12O3. The van der Waals surface area contributed by atoms with E-state index in [1.54, 1.807) is 0 Å². The first-order valence-corrected chi connectivity index (χ1v) is 3.41. The van der Waals surface area contributed by atoms with Gasteiger partial charge in [0, 0.05) is 0 Å². The number of allylic oxidation sites excluding steroid dienone is 2. The van der Waals surface area contributed by atoms with Crippen molar-refractivity contribution in [2.75, 3.05) is 6.61 Å². The highest BCUT2D eigenvalue weighted by atomic mass is 16.5. The van der Waals surface area contributed by atoms with E-state index < -0.39 is 5.97 Å². The molecule has 3 nitrogen and oxygen atoms in total. The van der Waals surface area contributed by atoms with Gasteiger partial charge in [-0.05, 0) is 12.5 Å². The van der Waals surface area contributed by atoms with Gasteiger partial charge in [-0.3, -0.25) is 0 Å². The zero-order valence-electron chi connectivity index (χ0n) is 6.54. The van der Waals surface area contributed by atoms with E-state index in [9.17, 15) is 4.79 Å². The molecule has 0 bridgehead atoms. The standard InChI is InChI=1S/C8H12O3/c1-3-5-7(8(9)10)11-6-4-2/h3,5H,1,4,6H2,2H3,(H,9,10). The average Bonchev–Trinajstić information content (AvgIpc) is 1.97. The summed E-state index contributed by atoms with van der Waals surface area (Å²) in [5.74, 6) is -1.11. The molecule has 0 saturated heterocycles. The Hall–Kier alpha value is -1.25. The minimum atomic E-state index is -1.06. The van der Waals surface area contributed by atoms with Gasteiger partial charge in [-0.25, -0.2) is 4.79 Å². The summed E-state index contributed by atoms with van der Waals surface area (Å²) in [7, 11) is 0. The Balaban J connectivity index is 4.00. The van der Waals surface area contributed by atoms with Crippen LogP contribution in [0.1, 0.15) is 13.3 Å². The second kappa shape index (κ2) is 5.53. The molecule has 0 spiro atoms. The Bertz CT molecular complexity index is 170. The number of aliphatic carboxylic acids is 1. The van der Waals surface area contributed by atoms with Gasteiger partial charge in [0.1, 0.15) is 0 Å².